The summed E-state index contributed by atoms with van der Waals surface area (Å²) >= 11 is 0. The molecule has 1 fully saturated rings. The zero-order valence-electron chi connectivity index (χ0n) is 19.0. The minimum atomic E-state index is -0.277. The van der Waals surface area contributed by atoms with Crippen molar-refractivity contribution >= 4 is 16.8 Å². The van der Waals surface area contributed by atoms with Gasteiger partial charge in [0.25, 0.3) is 5.91 Å². The van der Waals surface area contributed by atoms with Crippen LogP contribution in [0.25, 0.3) is 16.6 Å². The van der Waals surface area contributed by atoms with Crippen molar-refractivity contribution in [3.05, 3.63) is 89.1 Å². The van der Waals surface area contributed by atoms with Gasteiger partial charge in [-0.2, -0.15) is 5.10 Å². The molecule has 0 unspecified atom stereocenters. The topological polar surface area (TPSA) is 54.3 Å². The first-order valence-corrected chi connectivity index (χ1v) is 11.9. The van der Waals surface area contributed by atoms with Gasteiger partial charge in [-0.05, 0) is 55.2 Å². The van der Waals surface area contributed by atoms with E-state index < -0.39 is 0 Å². The molecule has 7 heteroatoms. The van der Waals surface area contributed by atoms with Crippen molar-refractivity contribution in [3.63, 3.8) is 0 Å². The number of aromatic nitrogens is 3. The highest BCUT2D eigenvalue weighted by Crippen LogP contribution is 2.29. The predicted octanol–water partition coefficient (Wildman–Crippen LogP) is 4.01. The smallest absolute Gasteiger partial charge is 0.274 e. The zero-order valence-corrected chi connectivity index (χ0v) is 19.0. The van der Waals surface area contributed by atoms with Gasteiger partial charge >= 0.3 is 0 Å². The maximum atomic E-state index is 13.5. The van der Waals surface area contributed by atoms with Crippen LogP contribution in [0.4, 0.5) is 4.39 Å². The quantitative estimate of drug-likeness (QED) is 0.467. The molecule has 2 aromatic carbocycles. The highest BCUT2D eigenvalue weighted by atomic mass is 19.1. The molecule has 0 atom stereocenters. The molecule has 2 aliphatic rings. The van der Waals surface area contributed by atoms with Crippen molar-refractivity contribution in [2.45, 2.75) is 25.8 Å². The van der Waals surface area contributed by atoms with Crippen molar-refractivity contribution in [1.82, 2.24) is 24.6 Å². The number of fused-ring (bicyclic) bond motifs is 2. The number of piperazine rings is 1. The van der Waals surface area contributed by atoms with Crippen LogP contribution in [-0.2, 0) is 19.4 Å². The second-order valence-electron chi connectivity index (χ2n) is 9.08. The molecule has 0 N–H and O–H groups in total. The Hall–Kier alpha value is -3.58. The average Bonchev–Trinajstić information content (AvgIpc) is 3.48. The number of carbonyl (C=O) groups excluding carboxylic acids is 1. The Morgan fingerprint density at radius 3 is 2.56 bits per heavy atom. The Bertz CT molecular complexity index is 1350. The Morgan fingerprint density at radius 2 is 1.74 bits per heavy atom. The third-order valence-electron chi connectivity index (χ3n) is 6.97. The molecule has 1 aliphatic carbocycles. The van der Waals surface area contributed by atoms with Crippen LogP contribution in [0.3, 0.4) is 0 Å². The third-order valence-corrected chi connectivity index (χ3v) is 6.97. The summed E-state index contributed by atoms with van der Waals surface area (Å²) < 4.78 is 15.2. The molecule has 34 heavy (non-hydrogen) atoms. The van der Waals surface area contributed by atoms with Crippen LogP contribution in [0, 0.1) is 5.82 Å². The van der Waals surface area contributed by atoms with Crippen LogP contribution in [-0.4, -0.2) is 56.7 Å². The number of benzene rings is 2. The number of pyridine rings is 1. The number of halogens is 1. The van der Waals surface area contributed by atoms with Crippen LogP contribution in [0.2, 0.25) is 0 Å². The number of amides is 1. The summed E-state index contributed by atoms with van der Waals surface area (Å²) in [5.41, 5.74) is 5.76. The lowest BCUT2D eigenvalue weighted by Crippen LogP contribution is -2.48. The molecule has 4 aromatic rings. The molecular weight excluding hydrogens is 429 g/mol. The molecule has 0 radical (unpaired) electrons. The van der Waals surface area contributed by atoms with E-state index in [1.54, 1.807) is 12.1 Å². The molecule has 0 saturated carbocycles. The number of rotatable bonds is 4. The molecular formula is C27H26FN5O. The van der Waals surface area contributed by atoms with Gasteiger partial charge in [-0.15, -0.1) is 0 Å². The maximum absolute atomic E-state index is 13.5. The van der Waals surface area contributed by atoms with Gasteiger partial charge in [-0.25, -0.2) is 9.07 Å². The Balaban J connectivity index is 1.17. The highest BCUT2D eigenvalue weighted by Gasteiger charge is 2.31. The van der Waals surface area contributed by atoms with E-state index in [-0.39, 0.29) is 11.7 Å². The minimum Gasteiger partial charge on any atom is -0.335 e. The zero-order chi connectivity index (χ0) is 23.1. The summed E-state index contributed by atoms with van der Waals surface area (Å²) in [7, 11) is 0. The number of hydrogen-bond acceptors (Lipinski definition) is 4. The van der Waals surface area contributed by atoms with Crippen LogP contribution in [0.15, 0.2) is 60.8 Å². The largest absolute Gasteiger partial charge is 0.335 e. The first kappa shape index (κ1) is 21.0. The molecule has 6 rings (SSSR count). The van der Waals surface area contributed by atoms with Gasteiger partial charge in [0.1, 0.15) is 5.82 Å². The number of para-hydroxylation sites is 1. The van der Waals surface area contributed by atoms with Gasteiger partial charge in [-0.1, -0.05) is 24.3 Å². The van der Waals surface area contributed by atoms with Gasteiger partial charge in [0.15, 0.2) is 5.69 Å². The Morgan fingerprint density at radius 1 is 0.941 bits per heavy atom. The highest BCUT2D eigenvalue weighted by molar-refractivity contribution is 5.94. The monoisotopic (exact) mass is 455 g/mol. The normalized spacial score (nSPS) is 16.2. The van der Waals surface area contributed by atoms with Crippen molar-refractivity contribution in [3.8, 4) is 5.69 Å². The number of nitrogens with zero attached hydrogens (tertiary/aromatic N) is 5. The standard InChI is InChI=1S/C27H26FN5O/c28-21-9-11-22(12-10-21)33-24-8-2-7-23(24)26(30-33)27(34)32-16-14-31(15-17-32)18-20-5-1-4-19-6-3-13-29-25(19)20/h1,3-6,9-13H,2,7-8,14-18H2. The predicted molar refractivity (Wildman–Crippen MR) is 128 cm³/mol. The Kier molecular flexibility index (Phi) is 5.34. The molecule has 1 saturated heterocycles. The summed E-state index contributed by atoms with van der Waals surface area (Å²) in [6.45, 7) is 3.81. The number of carbonyl (C=O) groups is 1. The molecule has 0 bridgehead atoms. The van der Waals surface area contributed by atoms with Gasteiger partial charge in [0.2, 0.25) is 0 Å². The van der Waals surface area contributed by atoms with Gasteiger partial charge in [0.05, 0.1) is 11.2 Å². The van der Waals surface area contributed by atoms with Gasteiger partial charge in [0, 0.05) is 55.6 Å². The van der Waals surface area contributed by atoms with E-state index in [4.69, 9.17) is 5.10 Å². The SMILES string of the molecule is O=C(c1nn(-c2ccc(F)cc2)c2c1CCC2)N1CCN(Cc2cccc3cccnc23)CC1. The molecule has 1 aliphatic heterocycles. The lowest BCUT2D eigenvalue weighted by atomic mass is 10.1. The fourth-order valence-corrected chi connectivity index (χ4v) is 5.20. The number of hydrogen-bond donors (Lipinski definition) is 0. The summed E-state index contributed by atoms with van der Waals surface area (Å²) in [5, 5.41) is 5.86. The van der Waals surface area contributed by atoms with E-state index in [1.807, 2.05) is 21.8 Å². The Labute approximate surface area is 197 Å². The summed E-state index contributed by atoms with van der Waals surface area (Å²) in [6, 6.07) is 16.7. The van der Waals surface area contributed by atoms with Gasteiger partial charge in [-0.3, -0.25) is 14.7 Å². The minimum absolute atomic E-state index is 0.00508. The van der Waals surface area contributed by atoms with Crippen molar-refractivity contribution in [2.24, 2.45) is 0 Å². The van der Waals surface area contributed by atoms with Crippen LogP contribution in [0.1, 0.15) is 33.7 Å². The first-order chi connectivity index (χ1) is 16.7. The summed E-state index contributed by atoms with van der Waals surface area (Å²) in [5.74, 6) is -0.272. The summed E-state index contributed by atoms with van der Waals surface area (Å²) in [6.07, 6.45) is 4.61. The molecule has 172 valence electrons. The first-order valence-electron chi connectivity index (χ1n) is 11.9. The molecule has 6 nitrogen and oxygen atoms in total. The van der Waals surface area contributed by atoms with E-state index in [0.717, 1.165) is 66.7 Å². The van der Waals surface area contributed by atoms with Crippen molar-refractivity contribution < 1.29 is 9.18 Å². The second-order valence-corrected chi connectivity index (χ2v) is 9.08. The van der Waals surface area contributed by atoms with E-state index >= 15 is 0 Å². The molecule has 3 heterocycles. The fourth-order valence-electron chi connectivity index (χ4n) is 5.20. The second kappa shape index (κ2) is 8.65. The summed E-state index contributed by atoms with van der Waals surface area (Å²) in [4.78, 5) is 22.3. The van der Waals surface area contributed by atoms with E-state index in [2.05, 4.69) is 34.1 Å². The lowest BCUT2D eigenvalue weighted by molar-refractivity contribution is 0.0621. The van der Waals surface area contributed by atoms with Gasteiger partial charge < -0.3 is 4.90 Å². The van der Waals surface area contributed by atoms with E-state index in [9.17, 15) is 9.18 Å². The van der Waals surface area contributed by atoms with Crippen LogP contribution < -0.4 is 0 Å². The van der Waals surface area contributed by atoms with Crippen LogP contribution in [0.5, 0.6) is 0 Å². The van der Waals surface area contributed by atoms with Crippen LogP contribution >= 0.6 is 0 Å². The van der Waals surface area contributed by atoms with E-state index in [0.29, 0.717) is 18.8 Å². The molecule has 0 spiro atoms. The van der Waals surface area contributed by atoms with Crippen molar-refractivity contribution in [2.75, 3.05) is 26.2 Å². The molecule has 2 aromatic heterocycles. The van der Waals surface area contributed by atoms with E-state index in [1.165, 1.54) is 17.7 Å². The molecule has 1 amide bonds. The maximum Gasteiger partial charge on any atom is 0.274 e. The third kappa shape index (κ3) is 3.76. The lowest BCUT2D eigenvalue weighted by Gasteiger charge is -2.34. The average molecular weight is 456 g/mol. The van der Waals surface area contributed by atoms with Crippen molar-refractivity contribution in [1.29, 1.82) is 0 Å². The fraction of sp³-hybridized carbons (Fsp3) is 0.296.